The predicted molar refractivity (Wildman–Crippen MR) is 101 cm³/mol. The Bertz CT molecular complexity index is 757. The van der Waals surface area contributed by atoms with Crippen LogP contribution in [-0.4, -0.2) is 53.7 Å². The van der Waals surface area contributed by atoms with Crippen LogP contribution in [0.3, 0.4) is 0 Å². The predicted octanol–water partition coefficient (Wildman–Crippen LogP) is 3.00. The zero-order chi connectivity index (χ0) is 19.4. The fourth-order valence-electron chi connectivity index (χ4n) is 3.47. The first kappa shape index (κ1) is 19.4. The van der Waals surface area contributed by atoms with Gasteiger partial charge in [-0.05, 0) is 58.0 Å². The number of likely N-dealkylation sites (tertiary alicyclic amines) is 1. The van der Waals surface area contributed by atoms with Gasteiger partial charge in [0, 0.05) is 6.54 Å². The van der Waals surface area contributed by atoms with Gasteiger partial charge in [-0.2, -0.15) is 0 Å². The number of nitrogens with zero attached hydrogens (tertiary/aromatic N) is 4. The SMILES string of the molecule is COc1ccc(C(C)C(=O)N2CCCCC2c2nnc(CN(C)C)o2)cc1. The van der Waals surface area contributed by atoms with Gasteiger partial charge in [0.1, 0.15) is 11.8 Å². The van der Waals surface area contributed by atoms with Gasteiger partial charge in [-0.25, -0.2) is 0 Å². The summed E-state index contributed by atoms with van der Waals surface area (Å²) < 4.78 is 11.1. The number of amides is 1. The molecular formula is C20H28N4O3. The van der Waals surface area contributed by atoms with Crippen molar-refractivity contribution in [2.75, 3.05) is 27.7 Å². The van der Waals surface area contributed by atoms with E-state index >= 15 is 0 Å². The maximum Gasteiger partial charge on any atom is 0.239 e. The van der Waals surface area contributed by atoms with Crippen molar-refractivity contribution < 1.29 is 13.9 Å². The molecular weight excluding hydrogens is 344 g/mol. The minimum absolute atomic E-state index is 0.0947. The lowest BCUT2D eigenvalue weighted by Crippen LogP contribution is -2.40. The highest BCUT2D eigenvalue weighted by atomic mass is 16.5. The molecule has 1 aromatic heterocycles. The van der Waals surface area contributed by atoms with E-state index in [9.17, 15) is 4.79 Å². The number of methoxy groups -OCH3 is 1. The number of hydrogen-bond acceptors (Lipinski definition) is 6. The molecule has 0 aliphatic carbocycles. The summed E-state index contributed by atoms with van der Waals surface area (Å²) >= 11 is 0. The molecule has 0 radical (unpaired) electrons. The third-order valence-electron chi connectivity index (χ3n) is 4.99. The molecule has 2 atom stereocenters. The summed E-state index contributed by atoms with van der Waals surface area (Å²) in [7, 11) is 5.55. The molecule has 2 heterocycles. The first-order valence-corrected chi connectivity index (χ1v) is 9.41. The van der Waals surface area contributed by atoms with Gasteiger partial charge < -0.3 is 19.0 Å². The van der Waals surface area contributed by atoms with Crippen LogP contribution in [0.4, 0.5) is 0 Å². The molecule has 1 aromatic carbocycles. The minimum Gasteiger partial charge on any atom is -0.497 e. The van der Waals surface area contributed by atoms with Crippen molar-refractivity contribution in [2.24, 2.45) is 0 Å². The number of carbonyl (C=O) groups excluding carboxylic acids is 1. The Hall–Kier alpha value is -2.41. The van der Waals surface area contributed by atoms with E-state index in [1.165, 1.54) is 0 Å². The Morgan fingerprint density at radius 1 is 1.30 bits per heavy atom. The monoisotopic (exact) mass is 372 g/mol. The first-order chi connectivity index (χ1) is 13.0. The molecule has 0 saturated carbocycles. The summed E-state index contributed by atoms with van der Waals surface area (Å²) in [6.07, 6.45) is 2.90. The molecule has 0 bridgehead atoms. The summed E-state index contributed by atoms with van der Waals surface area (Å²) in [4.78, 5) is 17.1. The molecule has 146 valence electrons. The number of rotatable bonds is 6. The first-order valence-electron chi connectivity index (χ1n) is 9.41. The molecule has 1 aliphatic rings. The van der Waals surface area contributed by atoms with E-state index < -0.39 is 0 Å². The lowest BCUT2D eigenvalue weighted by Gasteiger charge is -2.35. The normalized spacial score (nSPS) is 18.6. The van der Waals surface area contributed by atoms with Crippen molar-refractivity contribution in [3.8, 4) is 5.75 Å². The van der Waals surface area contributed by atoms with Crippen molar-refractivity contribution in [1.82, 2.24) is 20.0 Å². The molecule has 27 heavy (non-hydrogen) atoms. The van der Waals surface area contributed by atoms with Crippen LogP contribution in [-0.2, 0) is 11.3 Å². The molecule has 0 spiro atoms. The molecule has 3 rings (SSSR count). The van der Waals surface area contributed by atoms with Crippen LogP contribution in [0.2, 0.25) is 0 Å². The number of aromatic nitrogens is 2. The zero-order valence-electron chi connectivity index (χ0n) is 16.5. The average molecular weight is 372 g/mol. The second-order valence-electron chi connectivity index (χ2n) is 7.31. The van der Waals surface area contributed by atoms with Crippen molar-refractivity contribution in [3.05, 3.63) is 41.6 Å². The number of piperidine rings is 1. The molecule has 2 aromatic rings. The fraction of sp³-hybridized carbons (Fsp3) is 0.550. The maximum absolute atomic E-state index is 13.2. The second-order valence-corrected chi connectivity index (χ2v) is 7.31. The minimum atomic E-state index is -0.235. The Kier molecular flexibility index (Phi) is 6.11. The molecule has 1 saturated heterocycles. The number of ether oxygens (including phenoxy) is 1. The van der Waals surface area contributed by atoms with Crippen molar-refractivity contribution in [3.63, 3.8) is 0 Å². The van der Waals surface area contributed by atoms with E-state index in [1.54, 1.807) is 7.11 Å². The van der Waals surface area contributed by atoms with Crippen LogP contribution in [0.1, 0.15) is 55.5 Å². The molecule has 1 amide bonds. The molecule has 7 heteroatoms. The van der Waals surface area contributed by atoms with Crippen molar-refractivity contribution >= 4 is 5.91 Å². The van der Waals surface area contributed by atoms with Crippen molar-refractivity contribution in [2.45, 2.75) is 44.7 Å². The Morgan fingerprint density at radius 2 is 2.04 bits per heavy atom. The van der Waals surface area contributed by atoms with Crippen LogP contribution in [0.5, 0.6) is 5.75 Å². The number of hydrogen-bond donors (Lipinski definition) is 0. The number of benzene rings is 1. The highest BCUT2D eigenvalue weighted by molar-refractivity contribution is 5.83. The maximum atomic E-state index is 13.2. The topological polar surface area (TPSA) is 71.7 Å². The van der Waals surface area contributed by atoms with Gasteiger partial charge in [0.05, 0.1) is 19.6 Å². The van der Waals surface area contributed by atoms with Crippen LogP contribution in [0.15, 0.2) is 28.7 Å². The summed E-state index contributed by atoms with van der Waals surface area (Å²) in [5.74, 6) is 1.77. The fourth-order valence-corrected chi connectivity index (χ4v) is 3.47. The standard InChI is InChI=1S/C20H28N4O3/c1-14(15-8-10-16(26-4)11-9-15)20(25)24-12-6-5-7-17(24)19-22-21-18(27-19)13-23(2)3/h8-11,14,17H,5-7,12-13H2,1-4H3. The van der Waals surface area contributed by atoms with E-state index in [4.69, 9.17) is 9.15 Å². The summed E-state index contributed by atoms with van der Waals surface area (Å²) in [5.41, 5.74) is 0.976. The van der Waals surface area contributed by atoms with Crippen LogP contribution in [0, 0.1) is 0 Å². The van der Waals surface area contributed by atoms with E-state index in [0.717, 1.165) is 37.1 Å². The van der Waals surface area contributed by atoms with Crippen LogP contribution in [0.25, 0.3) is 0 Å². The van der Waals surface area contributed by atoms with Gasteiger partial charge in [0.15, 0.2) is 0 Å². The van der Waals surface area contributed by atoms with E-state index in [1.807, 2.05) is 55.1 Å². The highest BCUT2D eigenvalue weighted by Crippen LogP contribution is 2.33. The lowest BCUT2D eigenvalue weighted by atomic mass is 9.95. The van der Waals surface area contributed by atoms with E-state index in [-0.39, 0.29) is 17.9 Å². The van der Waals surface area contributed by atoms with Crippen LogP contribution >= 0.6 is 0 Å². The largest absolute Gasteiger partial charge is 0.497 e. The molecule has 1 fully saturated rings. The Balaban J connectivity index is 1.77. The number of carbonyl (C=O) groups is 1. The zero-order valence-corrected chi connectivity index (χ0v) is 16.5. The van der Waals surface area contributed by atoms with Gasteiger partial charge in [0.25, 0.3) is 0 Å². The molecule has 2 unspecified atom stereocenters. The third-order valence-corrected chi connectivity index (χ3v) is 4.99. The van der Waals surface area contributed by atoms with Crippen molar-refractivity contribution in [1.29, 1.82) is 0 Å². The smallest absolute Gasteiger partial charge is 0.239 e. The molecule has 7 nitrogen and oxygen atoms in total. The second kappa shape index (κ2) is 8.52. The van der Waals surface area contributed by atoms with Crippen LogP contribution < -0.4 is 4.74 Å². The van der Waals surface area contributed by atoms with E-state index in [0.29, 0.717) is 18.3 Å². The Morgan fingerprint density at radius 3 is 2.70 bits per heavy atom. The average Bonchev–Trinajstić information content (AvgIpc) is 3.14. The molecule has 1 aliphatic heterocycles. The summed E-state index contributed by atoms with van der Waals surface area (Å²) in [6.45, 7) is 3.26. The lowest BCUT2D eigenvalue weighted by molar-refractivity contribution is -0.137. The van der Waals surface area contributed by atoms with Gasteiger partial charge >= 0.3 is 0 Å². The van der Waals surface area contributed by atoms with Gasteiger partial charge in [0.2, 0.25) is 17.7 Å². The van der Waals surface area contributed by atoms with E-state index in [2.05, 4.69) is 10.2 Å². The van der Waals surface area contributed by atoms with Gasteiger partial charge in [-0.1, -0.05) is 12.1 Å². The molecule has 0 N–H and O–H groups in total. The Labute approximate surface area is 160 Å². The van der Waals surface area contributed by atoms with Gasteiger partial charge in [-0.3, -0.25) is 4.79 Å². The summed E-state index contributed by atoms with van der Waals surface area (Å²) in [5, 5.41) is 8.36. The summed E-state index contributed by atoms with van der Waals surface area (Å²) in [6, 6.07) is 7.52. The quantitative estimate of drug-likeness (QED) is 0.776. The highest BCUT2D eigenvalue weighted by Gasteiger charge is 2.34. The third kappa shape index (κ3) is 4.47. The van der Waals surface area contributed by atoms with Gasteiger partial charge in [-0.15, -0.1) is 10.2 Å².